The molecule has 9 nitrogen and oxygen atoms in total. The number of carbonyl (C=O) groups is 2. The molecule has 1 fully saturated rings. The summed E-state index contributed by atoms with van der Waals surface area (Å²) in [7, 11) is 1.85. The largest absolute Gasteiger partial charge is 0.370 e. The Morgan fingerprint density at radius 1 is 1.27 bits per heavy atom. The number of hydrogen-bond donors (Lipinski definition) is 0. The SMILES string of the molecule is Cc1ncsc1CCC(=O)N1CC(=O)N(Cc2cnn(C)c2)CC(OCc2cccnc2)C1. The Morgan fingerprint density at radius 2 is 2.15 bits per heavy atom. The molecule has 1 aliphatic rings. The summed E-state index contributed by atoms with van der Waals surface area (Å²) in [6, 6.07) is 3.81. The first-order valence-corrected chi connectivity index (χ1v) is 11.8. The van der Waals surface area contributed by atoms with Crippen molar-refractivity contribution < 1.29 is 14.3 Å². The second-order valence-corrected chi connectivity index (χ2v) is 9.17. The van der Waals surface area contributed by atoms with Gasteiger partial charge in [-0.15, -0.1) is 11.3 Å². The van der Waals surface area contributed by atoms with Crippen molar-refractivity contribution in [3.63, 3.8) is 0 Å². The molecule has 174 valence electrons. The molecule has 3 aromatic rings. The van der Waals surface area contributed by atoms with Gasteiger partial charge in [0.1, 0.15) is 0 Å². The van der Waals surface area contributed by atoms with Crippen molar-refractivity contribution in [1.29, 1.82) is 0 Å². The molecule has 0 radical (unpaired) electrons. The smallest absolute Gasteiger partial charge is 0.242 e. The summed E-state index contributed by atoms with van der Waals surface area (Å²) in [5.74, 6) is -0.136. The van der Waals surface area contributed by atoms with Crippen LogP contribution in [0.25, 0.3) is 0 Å². The highest BCUT2D eigenvalue weighted by Gasteiger charge is 2.31. The van der Waals surface area contributed by atoms with Gasteiger partial charge in [-0.2, -0.15) is 5.10 Å². The predicted octanol–water partition coefficient (Wildman–Crippen LogP) is 1.97. The van der Waals surface area contributed by atoms with E-state index in [0.29, 0.717) is 39.1 Å². The molecule has 1 saturated heterocycles. The van der Waals surface area contributed by atoms with Gasteiger partial charge in [-0.05, 0) is 25.0 Å². The summed E-state index contributed by atoms with van der Waals surface area (Å²) >= 11 is 1.56. The molecular weight excluding hydrogens is 440 g/mol. The Labute approximate surface area is 197 Å². The number of nitrogens with zero attached hydrogens (tertiary/aromatic N) is 6. The fourth-order valence-electron chi connectivity index (χ4n) is 3.84. The van der Waals surface area contributed by atoms with Crippen LogP contribution in [0, 0.1) is 6.92 Å². The average Bonchev–Trinajstić information content (AvgIpc) is 3.38. The van der Waals surface area contributed by atoms with E-state index in [4.69, 9.17) is 4.74 Å². The van der Waals surface area contributed by atoms with Gasteiger partial charge < -0.3 is 14.5 Å². The molecule has 0 aliphatic carbocycles. The van der Waals surface area contributed by atoms with Crippen molar-refractivity contribution in [2.45, 2.75) is 39.0 Å². The second-order valence-electron chi connectivity index (χ2n) is 8.23. The molecule has 2 amide bonds. The number of carbonyl (C=O) groups excluding carboxylic acids is 2. The topological polar surface area (TPSA) is 93.5 Å². The van der Waals surface area contributed by atoms with Crippen LogP contribution in [-0.4, -0.2) is 67.1 Å². The first-order valence-electron chi connectivity index (χ1n) is 10.9. The minimum absolute atomic E-state index is 0.0469. The van der Waals surface area contributed by atoms with Crippen LogP contribution < -0.4 is 0 Å². The molecule has 33 heavy (non-hydrogen) atoms. The van der Waals surface area contributed by atoms with Crippen LogP contribution in [0.2, 0.25) is 0 Å². The third-order valence-corrected chi connectivity index (χ3v) is 6.63. The van der Waals surface area contributed by atoms with Gasteiger partial charge in [-0.25, -0.2) is 4.98 Å². The van der Waals surface area contributed by atoms with Crippen molar-refractivity contribution >= 4 is 23.2 Å². The summed E-state index contributed by atoms with van der Waals surface area (Å²) < 4.78 is 7.88. The molecule has 1 unspecified atom stereocenters. The van der Waals surface area contributed by atoms with E-state index in [9.17, 15) is 9.59 Å². The van der Waals surface area contributed by atoms with Crippen molar-refractivity contribution in [3.8, 4) is 0 Å². The Hall–Kier alpha value is -3.11. The van der Waals surface area contributed by atoms with Gasteiger partial charge in [0, 0.05) is 62.1 Å². The summed E-state index contributed by atoms with van der Waals surface area (Å²) in [6.07, 6.45) is 7.79. The Bertz CT molecular complexity index is 1080. The zero-order valence-corrected chi connectivity index (χ0v) is 19.7. The van der Waals surface area contributed by atoms with Crippen LogP contribution in [-0.2, 0) is 40.9 Å². The van der Waals surface area contributed by atoms with Crippen molar-refractivity contribution in [1.82, 2.24) is 29.5 Å². The first kappa shape index (κ1) is 23.1. The number of hydrogen-bond acceptors (Lipinski definition) is 7. The quantitative estimate of drug-likeness (QED) is 0.502. The molecule has 4 heterocycles. The zero-order chi connectivity index (χ0) is 23.2. The number of aromatic nitrogens is 4. The molecule has 0 aromatic carbocycles. The van der Waals surface area contributed by atoms with Gasteiger partial charge in [0.05, 0.1) is 36.7 Å². The fraction of sp³-hybridized carbons (Fsp3) is 0.435. The van der Waals surface area contributed by atoms with Crippen LogP contribution in [0.15, 0.2) is 42.4 Å². The van der Waals surface area contributed by atoms with Crippen molar-refractivity contribution in [2.24, 2.45) is 7.05 Å². The second kappa shape index (κ2) is 10.7. The van der Waals surface area contributed by atoms with E-state index in [1.54, 1.807) is 49.9 Å². The maximum atomic E-state index is 13.1. The van der Waals surface area contributed by atoms with Crippen LogP contribution in [0.4, 0.5) is 0 Å². The maximum Gasteiger partial charge on any atom is 0.242 e. The molecular formula is C23H28N6O3S. The molecule has 0 bridgehead atoms. The first-order chi connectivity index (χ1) is 16.0. The Morgan fingerprint density at radius 3 is 2.85 bits per heavy atom. The lowest BCUT2D eigenvalue weighted by Gasteiger charge is -2.24. The molecule has 10 heteroatoms. The van der Waals surface area contributed by atoms with E-state index >= 15 is 0 Å². The van der Waals surface area contributed by atoms with E-state index in [1.807, 2.05) is 32.3 Å². The van der Waals surface area contributed by atoms with Gasteiger partial charge in [-0.3, -0.25) is 19.3 Å². The highest BCUT2D eigenvalue weighted by atomic mass is 32.1. The molecule has 4 rings (SSSR count). The van der Waals surface area contributed by atoms with Crippen molar-refractivity contribution in [2.75, 3.05) is 19.6 Å². The lowest BCUT2D eigenvalue weighted by Crippen LogP contribution is -2.39. The van der Waals surface area contributed by atoms with Gasteiger partial charge >= 0.3 is 0 Å². The minimum Gasteiger partial charge on any atom is -0.370 e. The number of aryl methyl sites for hydroxylation is 3. The normalized spacial score (nSPS) is 16.8. The zero-order valence-electron chi connectivity index (χ0n) is 18.9. The van der Waals surface area contributed by atoms with E-state index in [-0.39, 0.29) is 24.5 Å². The fourth-order valence-corrected chi connectivity index (χ4v) is 4.62. The van der Waals surface area contributed by atoms with Crippen LogP contribution in [0.5, 0.6) is 0 Å². The molecule has 1 atom stereocenters. The van der Waals surface area contributed by atoms with Crippen LogP contribution in [0.3, 0.4) is 0 Å². The molecule has 1 aliphatic heterocycles. The predicted molar refractivity (Wildman–Crippen MR) is 123 cm³/mol. The summed E-state index contributed by atoms with van der Waals surface area (Å²) in [5, 5.41) is 4.20. The summed E-state index contributed by atoms with van der Waals surface area (Å²) in [6.45, 7) is 3.58. The van der Waals surface area contributed by atoms with E-state index in [0.717, 1.165) is 21.7 Å². The highest BCUT2D eigenvalue weighted by Crippen LogP contribution is 2.18. The number of ether oxygens (including phenoxy) is 1. The van der Waals surface area contributed by atoms with Gasteiger partial charge in [0.15, 0.2) is 0 Å². The lowest BCUT2D eigenvalue weighted by molar-refractivity contribution is -0.139. The standard InChI is InChI=1S/C23H28N6O3S/c1-17-21(33-16-25-17)5-6-22(30)29-13-20(32-15-18-4-3-7-24-8-18)12-28(23(31)14-29)11-19-9-26-27(2)10-19/h3-4,7-10,16,20H,5-6,11-15H2,1-2H3. The van der Waals surface area contributed by atoms with Gasteiger partial charge in [-0.1, -0.05) is 6.07 Å². The minimum atomic E-state index is -0.303. The van der Waals surface area contributed by atoms with E-state index < -0.39 is 0 Å². The number of amides is 2. The van der Waals surface area contributed by atoms with E-state index in [1.165, 1.54) is 0 Å². The summed E-state index contributed by atoms with van der Waals surface area (Å²) in [5.41, 5.74) is 4.64. The van der Waals surface area contributed by atoms with Crippen LogP contribution >= 0.6 is 11.3 Å². The molecule has 0 spiro atoms. The Kier molecular flexibility index (Phi) is 7.46. The molecule has 0 N–H and O–H groups in total. The molecule has 3 aromatic heterocycles. The number of pyridine rings is 1. The summed E-state index contributed by atoms with van der Waals surface area (Å²) in [4.78, 5) is 39.0. The Balaban J connectivity index is 1.45. The van der Waals surface area contributed by atoms with E-state index in [2.05, 4.69) is 15.1 Å². The molecule has 0 saturated carbocycles. The third kappa shape index (κ3) is 6.23. The average molecular weight is 469 g/mol. The number of thiazole rings is 1. The number of rotatable bonds is 8. The third-order valence-electron chi connectivity index (χ3n) is 5.63. The lowest BCUT2D eigenvalue weighted by atomic mass is 10.2. The van der Waals surface area contributed by atoms with Gasteiger partial charge in [0.2, 0.25) is 11.8 Å². The maximum absolute atomic E-state index is 13.1. The monoisotopic (exact) mass is 468 g/mol. The van der Waals surface area contributed by atoms with Crippen molar-refractivity contribution in [3.05, 3.63) is 64.1 Å². The van der Waals surface area contributed by atoms with Crippen LogP contribution in [0.1, 0.15) is 28.1 Å². The highest BCUT2D eigenvalue weighted by molar-refractivity contribution is 7.09. The van der Waals surface area contributed by atoms with Gasteiger partial charge in [0.25, 0.3) is 0 Å².